The van der Waals surface area contributed by atoms with E-state index in [2.05, 4.69) is 15.3 Å². The molecular formula is C10H17N3O. The largest absolute Gasteiger partial charge is 0.393 e. The summed E-state index contributed by atoms with van der Waals surface area (Å²) in [5.41, 5.74) is 0.943. The first-order chi connectivity index (χ1) is 6.72. The van der Waals surface area contributed by atoms with Crippen LogP contribution in [0.4, 0.5) is 5.82 Å². The first-order valence-electron chi connectivity index (χ1n) is 4.93. The normalized spacial score (nSPS) is 12.5. The predicted octanol–water partition coefficient (Wildman–Crippen LogP) is 1.36. The number of hydrogen-bond donors (Lipinski definition) is 2. The molecule has 1 aromatic heterocycles. The Morgan fingerprint density at radius 2 is 2.29 bits per heavy atom. The van der Waals surface area contributed by atoms with Crippen molar-refractivity contribution in [2.75, 3.05) is 11.9 Å². The lowest BCUT2D eigenvalue weighted by Crippen LogP contribution is -2.12. The lowest BCUT2D eigenvalue weighted by atomic mass is 10.2. The third-order valence-corrected chi connectivity index (χ3v) is 2.06. The van der Waals surface area contributed by atoms with Gasteiger partial charge < -0.3 is 10.4 Å². The summed E-state index contributed by atoms with van der Waals surface area (Å²) in [7, 11) is 0. The van der Waals surface area contributed by atoms with Gasteiger partial charge in [0.25, 0.3) is 0 Å². The minimum Gasteiger partial charge on any atom is -0.393 e. The molecule has 1 aromatic rings. The van der Waals surface area contributed by atoms with E-state index in [0.29, 0.717) is 0 Å². The van der Waals surface area contributed by atoms with Crippen LogP contribution in [-0.4, -0.2) is 27.7 Å². The molecule has 0 aromatic carbocycles. The molecule has 0 fully saturated rings. The van der Waals surface area contributed by atoms with Crippen molar-refractivity contribution in [3.05, 3.63) is 18.1 Å². The van der Waals surface area contributed by atoms with Crippen molar-refractivity contribution in [2.24, 2.45) is 0 Å². The topological polar surface area (TPSA) is 58.0 Å². The summed E-state index contributed by atoms with van der Waals surface area (Å²) in [6.07, 6.45) is 2.86. The number of aliphatic hydroxyl groups excluding tert-OH is 1. The van der Waals surface area contributed by atoms with Gasteiger partial charge in [0, 0.05) is 18.3 Å². The summed E-state index contributed by atoms with van der Waals surface area (Å²) in [6, 6.07) is 1.89. The Balaban J connectivity index is 2.31. The maximum atomic E-state index is 9.32. The third kappa shape index (κ3) is 3.70. The Morgan fingerprint density at radius 1 is 1.50 bits per heavy atom. The van der Waals surface area contributed by atoms with E-state index in [1.165, 1.54) is 6.33 Å². The van der Waals surface area contributed by atoms with Crippen molar-refractivity contribution >= 4 is 5.82 Å². The van der Waals surface area contributed by atoms with Gasteiger partial charge in [0.1, 0.15) is 12.1 Å². The van der Waals surface area contributed by atoms with Gasteiger partial charge in [-0.3, -0.25) is 0 Å². The standard InChI is InChI=1S/C10H17N3O/c1-3-9(14)4-5-11-10-6-8(2)12-7-13-10/h6-7,9,14H,3-5H2,1-2H3,(H,11,12,13). The molecule has 1 rings (SSSR count). The van der Waals surface area contributed by atoms with Crippen molar-refractivity contribution in [3.63, 3.8) is 0 Å². The highest BCUT2D eigenvalue weighted by Crippen LogP contribution is 2.03. The predicted molar refractivity (Wildman–Crippen MR) is 56.2 cm³/mol. The second-order valence-electron chi connectivity index (χ2n) is 3.32. The first-order valence-corrected chi connectivity index (χ1v) is 4.93. The Bertz CT molecular complexity index is 278. The number of hydrogen-bond acceptors (Lipinski definition) is 4. The number of nitrogens with zero attached hydrogens (tertiary/aromatic N) is 2. The summed E-state index contributed by atoms with van der Waals surface area (Å²) < 4.78 is 0. The summed E-state index contributed by atoms with van der Waals surface area (Å²) in [4.78, 5) is 8.06. The van der Waals surface area contributed by atoms with Gasteiger partial charge in [-0.1, -0.05) is 6.92 Å². The Morgan fingerprint density at radius 3 is 2.93 bits per heavy atom. The molecular weight excluding hydrogens is 178 g/mol. The Kier molecular flexibility index (Phi) is 4.32. The van der Waals surface area contributed by atoms with Gasteiger partial charge in [-0.15, -0.1) is 0 Å². The molecule has 0 bridgehead atoms. The number of anilines is 1. The molecule has 1 atom stereocenters. The minimum atomic E-state index is -0.217. The molecule has 0 amide bonds. The van der Waals surface area contributed by atoms with Crippen molar-refractivity contribution in [1.82, 2.24) is 9.97 Å². The summed E-state index contributed by atoms with van der Waals surface area (Å²) in [6.45, 7) is 4.64. The van der Waals surface area contributed by atoms with Crippen LogP contribution in [0.25, 0.3) is 0 Å². The van der Waals surface area contributed by atoms with Crippen LogP contribution < -0.4 is 5.32 Å². The van der Waals surface area contributed by atoms with Crippen LogP contribution in [0.2, 0.25) is 0 Å². The van der Waals surface area contributed by atoms with Crippen LogP contribution in [0.5, 0.6) is 0 Å². The SMILES string of the molecule is CCC(O)CCNc1cc(C)ncn1. The van der Waals surface area contributed by atoms with Gasteiger partial charge in [0.2, 0.25) is 0 Å². The fourth-order valence-electron chi connectivity index (χ4n) is 1.12. The highest BCUT2D eigenvalue weighted by molar-refractivity contribution is 5.34. The summed E-state index contributed by atoms with van der Waals surface area (Å²) >= 11 is 0. The maximum absolute atomic E-state index is 9.32. The van der Waals surface area contributed by atoms with Gasteiger partial charge in [0.15, 0.2) is 0 Å². The van der Waals surface area contributed by atoms with E-state index in [4.69, 9.17) is 0 Å². The molecule has 0 saturated carbocycles. The van der Waals surface area contributed by atoms with Crippen molar-refractivity contribution in [3.8, 4) is 0 Å². The summed E-state index contributed by atoms with van der Waals surface area (Å²) in [5, 5.41) is 12.5. The Hall–Kier alpha value is -1.16. The van der Waals surface area contributed by atoms with Crippen LogP contribution in [0.15, 0.2) is 12.4 Å². The second kappa shape index (κ2) is 5.54. The van der Waals surface area contributed by atoms with Crippen LogP contribution in [0.1, 0.15) is 25.5 Å². The fourth-order valence-corrected chi connectivity index (χ4v) is 1.12. The molecule has 0 radical (unpaired) electrons. The summed E-state index contributed by atoms with van der Waals surface area (Å²) in [5.74, 6) is 0.820. The molecule has 0 aliphatic carbocycles. The molecule has 0 aliphatic rings. The van der Waals surface area contributed by atoms with Crippen molar-refractivity contribution in [2.45, 2.75) is 32.8 Å². The zero-order chi connectivity index (χ0) is 10.4. The van der Waals surface area contributed by atoms with Gasteiger partial charge in [0.05, 0.1) is 6.10 Å². The average molecular weight is 195 g/mol. The van der Waals surface area contributed by atoms with Gasteiger partial charge in [-0.2, -0.15) is 0 Å². The van der Waals surface area contributed by atoms with E-state index in [-0.39, 0.29) is 6.10 Å². The average Bonchev–Trinajstić information content (AvgIpc) is 2.17. The monoisotopic (exact) mass is 195 g/mol. The molecule has 2 N–H and O–H groups in total. The lowest BCUT2D eigenvalue weighted by molar-refractivity contribution is 0.164. The molecule has 14 heavy (non-hydrogen) atoms. The third-order valence-electron chi connectivity index (χ3n) is 2.06. The molecule has 0 aliphatic heterocycles. The first kappa shape index (κ1) is 10.9. The van der Waals surface area contributed by atoms with E-state index in [0.717, 1.165) is 30.9 Å². The number of aliphatic hydroxyl groups is 1. The highest BCUT2D eigenvalue weighted by atomic mass is 16.3. The fraction of sp³-hybridized carbons (Fsp3) is 0.600. The molecule has 0 saturated heterocycles. The maximum Gasteiger partial charge on any atom is 0.129 e. The van der Waals surface area contributed by atoms with E-state index in [1.54, 1.807) is 0 Å². The van der Waals surface area contributed by atoms with Gasteiger partial charge in [-0.05, 0) is 19.8 Å². The van der Waals surface area contributed by atoms with E-state index >= 15 is 0 Å². The van der Waals surface area contributed by atoms with Crippen LogP contribution in [-0.2, 0) is 0 Å². The molecule has 78 valence electrons. The Labute approximate surface area is 84.4 Å². The highest BCUT2D eigenvalue weighted by Gasteiger charge is 2.00. The molecule has 0 spiro atoms. The van der Waals surface area contributed by atoms with Gasteiger partial charge in [-0.25, -0.2) is 9.97 Å². The molecule has 1 heterocycles. The molecule has 4 heteroatoms. The lowest BCUT2D eigenvalue weighted by Gasteiger charge is -2.08. The second-order valence-corrected chi connectivity index (χ2v) is 3.32. The van der Waals surface area contributed by atoms with E-state index < -0.39 is 0 Å². The zero-order valence-electron chi connectivity index (χ0n) is 8.70. The number of aromatic nitrogens is 2. The van der Waals surface area contributed by atoms with Crippen LogP contribution in [0.3, 0.4) is 0 Å². The number of rotatable bonds is 5. The van der Waals surface area contributed by atoms with E-state index in [1.807, 2.05) is 19.9 Å². The molecule has 1 unspecified atom stereocenters. The smallest absolute Gasteiger partial charge is 0.129 e. The minimum absolute atomic E-state index is 0.217. The quantitative estimate of drug-likeness (QED) is 0.744. The number of aryl methyl sites for hydroxylation is 1. The van der Waals surface area contributed by atoms with Crippen molar-refractivity contribution in [1.29, 1.82) is 0 Å². The molecule has 4 nitrogen and oxygen atoms in total. The number of nitrogens with one attached hydrogen (secondary N) is 1. The van der Waals surface area contributed by atoms with Gasteiger partial charge >= 0.3 is 0 Å². The van der Waals surface area contributed by atoms with Crippen LogP contribution in [0, 0.1) is 6.92 Å². The van der Waals surface area contributed by atoms with Crippen molar-refractivity contribution < 1.29 is 5.11 Å². The van der Waals surface area contributed by atoms with E-state index in [9.17, 15) is 5.11 Å². The zero-order valence-corrected chi connectivity index (χ0v) is 8.70. The van der Waals surface area contributed by atoms with Crippen LogP contribution >= 0.6 is 0 Å².